The molecule has 1 atom stereocenters. The third-order valence-electron chi connectivity index (χ3n) is 3.88. The number of nitrogens with zero attached hydrogens (tertiary/aromatic N) is 1. The Morgan fingerprint density at radius 2 is 1.78 bits per heavy atom. The smallest absolute Gasteiger partial charge is 0.257 e. The minimum Gasteiger partial charge on any atom is -0.257 e. The van der Waals surface area contributed by atoms with Crippen LogP contribution in [0.2, 0.25) is 0 Å². The van der Waals surface area contributed by atoms with Gasteiger partial charge in [-0.3, -0.25) is 4.31 Å². The van der Waals surface area contributed by atoms with Crippen LogP contribution in [-0.4, -0.2) is 20.9 Å². The Labute approximate surface area is 132 Å². The first-order valence-electron chi connectivity index (χ1n) is 6.98. The van der Waals surface area contributed by atoms with Gasteiger partial charge < -0.3 is 0 Å². The molecule has 23 heavy (non-hydrogen) atoms. The fourth-order valence-electron chi connectivity index (χ4n) is 2.74. The van der Waals surface area contributed by atoms with Crippen LogP contribution in [0.4, 0.5) is 18.9 Å². The molecule has 1 aliphatic rings. The second kappa shape index (κ2) is 5.56. The van der Waals surface area contributed by atoms with E-state index in [2.05, 4.69) is 0 Å². The molecule has 0 aliphatic carbocycles. The summed E-state index contributed by atoms with van der Waals surface area (Å²) < 4.78 is 66.4. The summed E-state index contributed by atoms with van der Waals surface area (Å²) in [5.41, 5.74) is 1.24. The average Bonchev–Trinajstić information content (AvgIpc) is 2.87. The van der Waals surface area contributed by atoms with Crippen molar-refractivity contribution in [2.45, 2.75) is 30.7 Å². The first-order valence-corrected chi connectivity index (χ1v) is 8.42. The number of aryl methyl sites for hydroxylation is 1. The fourth-order valence-corrected chi connectivity index (χ4v) is 4.41. The standard InChI is InChI=1S/C16H14F3NO2S/c1-10-2-5-13(6-3-10)23(21,22)20-14-7-4-12(17)8-11(14)9-15(20)16(18)19/h2-8,15-16H,9H2,1H3. The van der Waals surface area contributed by atoms with E-state index in [4.69, 9.17) is 0 Å². The molecule has 7 heteroatoms. The van der Waals surface area contributed by atoms with Crippen molar-refractivity contribution in [3.05, 3.63) is 59.4 Å². The van der Waals surface area contributed by atoms with Gasteiger partial charge in [0.05, 0.1) is 10.6 Å². The van der Waals surface area contributed by atoms with E-state index in [9.17, 15) is 21.6 Å². The minimum absolute atomic E-state index is 0.0640. The zero-order valence-corrected chi connectivity index (χ0v) is 13.0. The Hall–Kier alpha value is -2.02. The molecule has 0 fully saturated rings. The molecule has 2 aromatic carbocycles. The lowest BCUT2D eigenvalue weighted by molar-refractivity contribution is 0.121. The molecule has 0 radical (unpaired) electrons. The maximum atomic E-state index is 13.4. The Morgan fingerprint density at radius 1 is 1.13 bits per heavy atom. The largest absolute Gasteiger partial charge is 0.264 e. The third kappa shape index (κ3) is 2.69. The monoisotopic (exact) mass is 341 g/mol. The summed E-state index contributed by atoms with van der Waals surface area (Å²) >= 11 is 0. The van der Waals surface area contributed by atoms with Crippen LogP contribution < -0.4 is 4.31 Å². The Bertz CT molecular complexity index is 835. The SMILES string of the molecule is Cc1ccc(S(=O)(=O)N2c3ccc(F)cc3CC2C(F)F)cc1. The highest BCUT2D eigenvalue weighted by atomic mass is 32.2. The minimum atomic E-state index is -4.15. The Kier molecular flexibility index (Phi) is 3.83. The van der Waals surface area contributed by atoms with Crippen LogP contribution in [0.3, 0.4) is 0 Å². The van der Waals surface area contributed by atoms with E-state index in [1.165, 1.54) is 18.2 Å². The summed E-state index contributed by atoms with van der Waals surface area (Å²) in [6.07, 6.45) is -3.08. The van der Waals surface area contributed by atoms with Crippen molar-refractivity contribution in [2.75, 3.05) is 4.31 Å². The molecule has 0 spiro atoms. The van der Waals surface area contributed by atoms with Gasteiger partial charge in [0.25, 0.3) is 16.4 Å². The van der Waals surface area contributed by atoms with Gasteiger partial charge in [-0.1, -0.05) is 17.7 Å². The molecule has 1 aliphatic heterocycles. The lowest BCUT2D eigenvalue weighted by Crippen LogP contribution is -2.42. The molecular weight excluding hydrogens is 327 g/mol. The van der Waals surface area contributed by atoms with Crippen LogP contribution >= 0.6 is 0 Å². The number of alkyl halides is 2. The zero-order chi connectivity index (χ0) is 16.8. The number of rotatable bonds is 3. The van der Waals surface area contributed by atoms with Crippen molar-refractivity contribution in [3.8, 4) is 0 Å². The molecule has 0 bridgehead atoms. The van der Waals surface area contributed by atoms with Crippen LogP contribution in [0.25, 0.3) is 0 Å². The van der Waals surface area contributed by atoms with Gasteiger partial charge in [0.1, 0.15) is 11.9 Å². The normalized spacial score (nSPS) is 17.6. The van der Waals surface area contributed by atoms with Crippen LogP contribution in [0.5, 0.6) is 0 Å². The summed E-state index contributed by atoms with van der Waals surface area (Å²) in [5, 5.41) is 0. The van der Waals surface area contributed by atoms with Crippen LogP contribution in [0.1, 0.15) is 11.1 Å². The molecule has 3 rings (SSSR count). The van der Waals surface area contributed by atoms with E-state index >= 15 is 0 Å². The van der Waals surface area contributed by atoms with Gasteiger partial charge in [-0.25, -0.2) is 21.6 Å². The van der Waals surface area contributed by atoms with Crippen LogP contribution in [0, 0.1) is 12.7 Å². The summed E-state index contributed by atoms with van der Waals surface area (Å²) in [6.45, 7) is 1.80. The molecule has 1 heterocycles. The molecule has 0 aromatic heterocycles. The molecule has 2 aromatic rings. The molecule has 122 valence electrons. The molecular formula is C16H14F3NO2S. The van der Waals surface area contributed by atoms with E-state index in [0.29, 0.717) is 0 Å². The average molecular weight is 341 g/mol. The van der Waals surface area contributed by atoms with Gasteiger partial charge in [0, 0.05) is 6.42 Å². The summed E-state index contributed by atoms with van der Waals surface area (Å²) in [6, 6.07) is 7.86. The molecule has 1 unspecified atom stereocenters. The maximum absolute atomic E-state index is 13.4. The predicted octanol–water partition coefficient (Wildman–Crippen LogP) is 3.52. The van der Waals surface area contributed by atoms with Crippen molar-refractivity contribution >= 4 is 15.7 Å². The first kappa shape index (κ1) is 15.9. The number of halogens is 3. The van der Waals surface area contributed by atoms with Gasteiger partial charge in [0.15, 0.2) is 0 Å². The Morgan fingerprint density at radius 3 is 2.39 bits per heavy atom. The molecule has 0 N–H and O–H groups in total. The van der Waals surface area contributed by atoms with E-state index in [1.807, 2.05) is 0 Å². The second-order valence-electron chi connectivity index (χ2n) is 5.49. The topological polar surface area (TPSA) is 37.4 Å². The van der Waals surface area contributed by atoms with Crippen molar-refractivity contribution in [2.24, 2.45) is 0 Å². The van der Waals surface area contributed by atoms with Gasteiger partial charge in [-0.15, -0.1) is 0 Å². The number of hydrogen-bond donors (Lipinski definition) is 0. The highest BCUT2D eigenvalue weighted by molar-refractivity contribution is 7.92. The number of fused-ring (bicyclic) bond motifs is 1. The summed E-state index contributed by atoms with van der Waals surface area (Å²) in [5.74, 6) is -0.577. The van der Waals surface area contributed by atoms with Crippen molar-refractivity contribution < 1.29 is 21.6 Å². The van der Waals surface area contributed by atoms with Crippen molar-refractivity contribution in [1.29, 1.82) is 0 Å². The van der Waals surface area contributed by atoms with Gasteiger partial charge in [-0.05, 0) is 42.8 Å². The Balaban J connectivity index is 2.13. The molecule has 0 amide bonds. The molecule has 0 saturated heterocycles. The van der Waals surface area contributed by atoms with E-state index in [-0.39, 0.29) is 22.6 Å². The quantitative estimate of drug-likeness (QED) is 0.857. The number of hydrogen-bond acceptors (Lipinski definition) is 2. The van der Waals surface area contributed by atoms with Crippen LogP contribution in [0.15, 0.2) is 47.4 Å². The molecule has 3 nitrogen and oxygen atoms in total. The highest BCUT2D eigenvalue weighted by Crippen LogP contribution is 2.39. The van der Waals surface area contributed by atoms with E-state index in [0.717, 1.165) is 22.0 Å². The second-order valence-corrected chi connectivity index (χ2v) is 7.31. The number of sulfonamides is 1. The maximum Gasteiger partial charge on any atom is 0.264 e. The zero-order valence-electron chi connectivity index (χ0n) is 12.2. The summed E-state index contributed by atoms with van der Waals surface area (Å²) in [4.78, 5) is -0.0640. The predicted molar refractivity (Wildman–Crippen MR) is 80.7 cm³/mol. The number of benzene rings is 2. The van der Waals surface area contributed by atoms with E-state index < -0.39 is 28.3 Å². The van der Waals surface area contributed by atoms with Crippen LogP contribution in [-0.2, 0) is 16.4 Å². The lowest BCUT2D eigenvalue weighted by Gasteiger charge is -2.26. The molecule has 0 saturated carbocycles. The van der Waals surface area contributed by atoms with E-state index in [1.54, 1.807) is 19.1 Å². The van der Waals surface area contributed by atoms with Crippen molar-refractivity contribution in [1.82, 2.24) is 0 Å². The van der Waals surface area contributed by atoms with Gasteiger partial charge >= 0.3 is 0 Å². The fraction of sp³-hybridized carbons (Fsp3) is 0.250. The lowest BCUT2D eigenvalue weighted by atomic mass is 10.1. The summed E-state index contributed by atoms with van der Waals surface area (Å²) in [7, 11) is -4.15. The van der Waals surface area contributed by atoms with Gasteiger partial charge in [-0.2, -0.15) is 0 Å². The highest BCUT2D eigenvalue weighted by Gasteiger charge is 2.43. The third-order valence-corrected chi connectivity index (χ3v) is 5.73. The van der Waals surface area contributed by atoms with Gasteiger partial charge in [0.2, 0.25) is 0 Å². The number of anilines is 1. The first-order chi connectivity index (χ1) is 10.8. The van der Waals surface area contributed by atoms with Crippen molar-refractivity contribution in [3.63, 3.8) is 0 Å².